The van der Waals surface area contributed by atoms with Crippen molar-refractivity contribution < 1.29 is 23.5 Å². The van der Waals surface area contributed by atoms with Crippen molar-refractivity contribution in [1.82, 2.24) is 4.90 Å². The first-order valence-electron chi connectivity index (χ1n) is 8.61. The van der Waals surface area contributed by atoms with Crippen LogP contribution in [0.5, 0.6) is 5.75 Å². The molecular formula is C20H16ClFN2O4S. The molecule has 0 radical (unpaired) electrons. The summed E-state index contributed by atoms with van der Waals surface area (Å²) in [4.78, 5) is 38.0. The molecule has 1 aliphatic heterocycles. The Bertz CT molecular complexity index is 1010. The highest BCUT2D eigenvalue weighted by Crippen LogP contribution is 2.34. The van der Waals surface area contributed by atoms with Gasteiger partial charge in [-0.05, 0) is 55.1 Å². The van der Waals surface area contributed by atoms with Crippen molar-refractivity contribution in [3.63, 3.8) is 0 Å². The van der Waals surface area contributed by atoms with Gasteiger partial charge in [-0.1, -0.05) is 23.7 Å². The van der Waals surface area contributed by atoms with Gasteiger partial charge in [-0.25, -0.2) is 4.39 Å². The van der Waals surface area contributed by atoms with Crippen LogP contribution >= 0.6 is 23.4 Å². The quantitative estimate of drug-likeness (QED) is 0.675. The lowest BCUT2D eigenvalue weighted by molar-refractivity contribution is -0.127. The summed E-state index contributed by atoms with van der Waals surface area (Å²) < 4.78 is 19.2. The molecule has 0 aromatic heterocycles. The number of thioether (sulfide) groups is 1. The topological polar surface area (TPSA) is 75.7 Å². The Morgan fingerprint density at radius 2 is 2.03 bits per heavy atom. The maximum Gasteiger partial charge on any atom is 0.294 e. The minimum atomic E-state index is -0.684. The molecule has 1 heterocycles. The van der Waals surface area contributed by atoms with Crippen LogP contribution < -0.4 is 10.1 Å². The average Bonchev–Trinajstić information content (AvgIpc) is 2.93. The number of hydrogen-bond donors (Lipinski definition) is 1. The van der Waals surface area contributed by atoms with E-state index in [1.54, 1.807) is 24.3 Å². The Labute approximate surface area is 175 Å². The molecule has 1 saturated heterocycles. The predicted molar refractivity (Wildman–Crippen MR) is 110 cm³/mol. The molecule has 2 aromatic rings. The fraction of sp³-hybridized carbons (Fsp3) is 0.150. The zero-order valence-electron chi connectivity index (χ0n) is 15.3. The van der Waals surface area contributed by atoms with Crippen molar-refractivity contribution in [3.8, 4) is 5.75 Å². The van der Waals surface area contributed by atoms with Gasteiger partial charge in [0.05, 0.1) is 17.2 Å². The molecular weight excluding hydrogens is 419 g/mol. The van der Waals surface area contributed by atoms with E-state index in [2.05, 4.69) is 5.32 Å². The lowest BCUT2D eigenvalue weighted by Crippen LogP contribution is -2.36. The van der Waals surface area contributed by atoms with E-state index in [1.165, 1.54) is 24.3 Å². The Hall–Kier alpha value is -2.84. The summed E-state index contributed by atoms with van der Waals surface area (Å²) in [6.07, 6.45) is 1.50. The van der Waals surface area contributed by atoms with Gasteiger partial charge in [0.15, 0.2) is 0 Å². The molecule has 6 nitrogen and oxygen atoms in total. The third kappa shape index (κ3) is 4.96. The third-order valence-electron chi connectivity index (χ3n) is 3.88. The number of carbonyl (C=O) groups is 3. The van der Waals surface area contributed by atoms with E-state index in [-0.39, 0.29) is 10.6 Å². The summed E-state index contributed by atoms with van der Waals surface area (Å²) in [5, 5.41) is 2.20. The van der Waals surface area contributed by atoms with Crippen LogP contribution in [0.2, 0.25) is 5.02 Å². The van der Waals surface area contributed by atoms with Crippen molar-refractivity contribution in [1.29, 1.82) is 0 Å². The first-order valence-corrected chi connectivity index (χ1v) is 9.80. The molecule has 1 fully saturated rings. The fourth-order valence-electron chi connectivity index (χ4n) is 2.59. The van der Waals surface area contributed by atoms with Crippen LogP contribution in [0.25, 0.3) is 6.08 Å². The standard InChI is InChI=1S/C20H16ClFN2O4S/c1-2-28-16-8-7-13(21)9-12(16)10-17-19(26)24(20(27)29-17)11-18(25)23-15-6-4-3-5-14(15)22/h3-10H,2,11H2,1H3,(H,23,25)/b17-10-. The maximum absolute atomic E-state index is 13.7. The number of nitrogens with zero attached hydrogens (tertiary/aromatic N) is 1. The summed E-state index contributed by atoms with van der Waals surface area (Å²) in [6, 6.07) is 10.6. The molecule has 0 saturated carbocycles. The zero-order valence-corrected chi connectivity index (χ0v) is 16.8. The number of ether oxygens (including phenoxy) is 1. The molecule has 2 aromatic carbocycles. The number of imide groups is 1. The molecule has 9 heteroatoms. The molecule has 3 amide bonds. The monoisotopic (exact) mass is 434 g/mol. The first kappa shape index (κ1) is 20.9. The molecule has 0 bridgehead atoms. The van der Waals surface area contributed by atoms with E-state index in [0.29, 0.717) is 34.7 Å². The van der Waals surface area contributed by atoms with Crippen LogP contribution in [-0.2, 0) is 9.59 Å². The van der Waals surface area contributed by atoms with E-state index in [0.717, 1.165) is 4.90 Å². The molecule has 0 unspecified atom stereocenters. The number of hydrogen-bond acceptors (Lipinski definition) is 5. The maximum atomic E-state index is 13.7. The van der Waals surface area contributed by atoms with E-state index in [4.69, 9.17) is 16.3 Å². The van der Waals surface area contributed by atoms with Crippen molar-refractivity contribution >= 4 is 52.2 Å². The van der Waals surface area contributed by atoms with Gasteiger partial charge in [0.25, 0.3) is 11.1 Å². The van der Waals surface area contributed by atoms with Crippen molar-refractivity contribution in [2.75, 3.05) is 18.5 Å². The van der Waals surface area contributed by atoms with Gasteiger partial charge in [0.1, 0.15) is 18.1 Å². The minimum absolute atomic E-state index is 0.0275. The Morgan fingerprint density at radius 1 is 1.28 bits per heavy atom. The molecule has 0 atom stereocenters. The second kappa shape index (κ2) is 9.11. The van der Waals surface area contributed by atoms with Gasteiger partial charge >= 0.3 is 0 Å². The van der Waals surface area contributed by atoms with Crippen LogP contribution in [0.15, 0.2) is 47.4 Å². The van der Waals surface area contributed by atoms with Gasteiger partial charge in [-0.15, -0.1) is 0 Å². The number of benzene rings is 2. The molecule has 150 valence electrons. The van der Waals surface area contributed by atoms with Crippen LogP contribution in [0.4, 0.5) is 14.9 Å². The van der Waals surface area contributed by atoms with Crippen molar-refractivity contribution in [3.05, 3.63) is 63.8 Å². The summed E-state index contributed by atoms with van der Waals surface area (Å²) >= 11 is 6.72. The highest BCUT2D eigenvalue weighted by molar-refractivity contribution is 8.18. The number of rotatable bonds is 6. The second-order valence-electron chi connectivity index (χ2n) is 5.91. The van der Waals surface area contributed by atoms with Gasteiger partial charge in [0.2, 0.25) is 5.91 Å². The zero-order chi connectivity index (χ0) is 21.0. The van der Waals surface area contributed by atoms with E-state index in [1.807, 2.05) is 6.92 Å². The van der Waals surface area contributed by atoms with E-state index in [9.17, 15) is 18.8 Å². The average molecular weight is 435 g/mol. The number of carbonyl (C=O) groups excluding carboxylic acids is 3. The number of halogens is 2. The highest BCUT2D eigenvalue weighted by atomic mass is 35.5. The first-order chi connectivity index (χ1) is 13.9. The molecule has 0 spiro atoms. The largest absolute Gasteiger partial charge is 0.493 e. The lowest BCUT2D eigenvalue weighted by atomic mass is 10.2. The fourth-order valence-corrected chi connectivity index (χ4v) is 3.60. The highest BCUT2D eigenvalue weighted by Gasteiger charge is 2.36. The van der Waals surface area contributed by atoms with Gasteiger partial charge < -0.3 is 10.1 Å². The summed E-state index contributed by atoms with van der Waals surface area (Å²) in [5.41, 5.74) is 0.515. The molecule has 3 rings (SSSR count). The summed E-state index contributed by atoms with van der Waals surface area (Å²) in [6.45, 7) is 1.71. The summed E-state index contributed by atoms with van der Waals surface area (Å²) in [5.74, 6) is -1.40. The predicted octanol–water partition coefficient (Wildman–Crippen LogP) is 4.55. The smallest absolute Gasteiger partial charge is 0.294 e. The minimum Gasteiger partial charge on any atom is -0.493 e. The second-order valence-corrected chi connectivity index (χ2v) is 7.34. The third-order valence-corrected chi connectivity index (χ3v) is 5.02. The number of anilines is 1. The summed E-state index contributed by atoms with van der Waals surface area (Å²) in [7, 11) is 0. The van der Waals surface area contributed by atoms with Crippen LogP contribution in [0, 0.1) is 5.82 Å². The lowest BCUT2D eigenvalue weighted by Gasteiger charge is -2.12. The van der Waals surface area contributed by atoms with Gasteiger partial charge in [-0.2, -0.15) is 0 Å². The molecule has 0 aliphatic carbocycles. The van der Waals surface area contributed by atoms with E-state index < -0.39 is 29.4 Å². The van der Waals surface area contributed by atoms with Crippen LogP contribution in [-0.4, -0.2) is 35.1 Å². The van der Waals surface area contributed by atoms with Gasteiger partial charge in [0, 0.05) is 10.6 Å². The molecule has 29 heavy (non-hydrogen) atoms. The molecule has 1 aliphatic rings. The Kier molecular flexibility index (Phi) is 6.56. The Morgan fingerprint density at radius 3 is 2.76 bits per heavy atom. The van der Waals surface area contributed by atoms with Crippen molar-refractivity contribution in [2.24, 2.45) is 0 Å². The normalized spacial score (nSPS) is 15.1. The SMILES string of the molecule is CCOc1ccc(Cl)cc1/C=C1\SC(=O)N(CC(=O)Nc2ccccc2F)C1=O. The van der Waals surface area contributed by atoms with Crippen molar-refractivity contribution in [2.45, 2.75) is 6.92 Å². The Balaban J connectivity index is 1.76. The number of para-hydroxylation sites is 1. The van der Waals surface area contributed by atoms with Crippen LogP contribution in [0.1, 0.15) is 12.5 Å². The number of nitrogens with one attached hydrogen (secondary N) is 1. The van der Waals surface area contributed by atoms with Gasteiger partial charge in [-0.3, -0.25) is 19.3 Å². The van der Waals surface area contributed by atoms with E-state index >= 15 is 0 Å². The number of amides is 3. The molecule has 1 N–H and O–H groups in total. The van der Waals surface area contributed by atoms with Crippen LogP contribution in [0.3, 0.4) is 0 Å².